The Hall–Kier alpha value is -2.55. The lowest BCUT2D eigenvalue weighted by molar-refractivity contribution is -0.136. The SMILES string of the molecule is CCN(CC)C(=O)C(Cc1cnc[nH]1)NC(=O)CCO[C@@H]1CSSC[C@H]1OCCC(=O)NCCCn1ccnc1. The van der Waals surface area contributed by atoms with Crippen molar-refractivity contribution < 1.29 is 23.9 Å². The number of carbonyl (C=O) groups excluding carboxylic acids is 3. The zero-order valence-corrected chi connectivity index (χ0v) is 24.9. The molecular weight excluding hydrogens is 554 g/mol. The van der Waals surface area contributed by atoms with Crippen LogP contribution in [0.25, 0.3) is 0 Å². The second-order valence-corrected chi connectivity index (χ2v) is 11.9. The molecule has 222 valence electrons. The van der Waals surface area contributed by atoms with Crippen molar-refractivity contribution in [1.29, 1.82) is 0 Å². The molecule has 1 aliphatic heterocycles. The van der Waals surface area contributed by atoms with Crippen LogP contribution in [0.4, 0.5) is 0 Å². The molecule has 3 atom stereocenters. The Labute approximate surface area is 243 Å². The van der Waals surface area contributed by atoms with Gasteiger partial charge in [-0.25, -0.2) is 9.97 Å². The number of nitrogens with zero attached hydrogens (tertiary/aromatic N) is 4. The lowest BCUT2D eigenvalue weighted by Gasteiger charge is -2.30. The minimum absolute atomic E-state index is 0.0402. The molecule has 12 nitrogen and oxygen atoms in total. The van der Waals surface area contributed by atoms with Gasteiger partial charge in [0.15, 0.2) is 0 Å². The van der Waals surface area contributed by atoms with Crippen LogP contribution >= 0.6 is 21.6 Å². The van der Waals surface area contributed by atoms with Crippen LogP contribution in [-0.4, -0.2) is 105 Å². The fourth-order valence-corrected chi connectivity index (χ4v) is 6.66. The van der Waals surface area contributed by atoms with E-state index in [1.54, 1.807) is 51.5 Å². The smallest absolute Gasteiger partial charge is 0.245 e. The molecule has 0 radical (unpaired) electrons. The average molecular weight is 596 g/mol. The summed E-state index contributed by atoms with van der Waals surface area (Å²) < 4.78 is 14.0. The molecule has 1 aliphatic rings. The Morgan fingerprint density at radius 1 is 1.10 bits per heavy atom. The summed E-state index contributed by atoms with van der Waals surface area (Å²) in [5.74, 6) is 1.08. The number of imidazole rings is 2. The van der Waals surface area contributed by atoms with Crippen molar-refractivity contribution in [2.45, 2.75) is 64.3 Å². The first kappa shape index (κ1) is 32.0. The van der Waals surface area contributed by atoms with Crippen molar-refractivity contribution >= 4 is 39.3 Å². The second kappa shape index (κ2) is 18.0. The molecule has 2 aromatic rings. The number of aromatic amines is 1. The number of hydrogen-bond acceptors (Lipinski definition) is 9. The minimum atomic E-state index is -0.678. The number of hydrogen-bond donors (Lipinski definition) is 3. The normalized spacial score (nSPS) is 17.8. The van der Waals surface area contributed by atoms with Crippen LogP contribution in [0, 0.1) is 0 Å². The summed E-state index contributed by atoms with van der Waals surface area (Å²) in [4.78, 5) is 50.6. The van der Waals surface area contributed by atoms with Crippen molar-refractivity contribution in [2.24, 2.45) is 0 Å². The molecule has 3 rings (SSSR count). The molecule has 0 saturated carbocycles. The molecule has 14 heteroatoms. The lowest BCUT2D eigenvalue weighted by Crippen LogP contribution is -2.50. The summed E-state index contributed by atoms with van der Waals surface area (Å²) in [6.07, 6.45) is 9.87. The maximum Gasteiger partial charge on any atom is 0.245 e. The Morgan fingerprint density at radius 2 is 1.80 bits per heavy atom. The van der Waals surface area contributed by atoms with Gasteiger partial charge in [-0.3, -0.25) is 14.4 Å². The summed E-state index contributed by atoms with van der Waals surface area (Å²) in [6.45, 7) is 6.91. The summed E-state index contributed by atoms with van der Waals surface area (Å²) in [6, 6.07) is -0.678. The van der Waals surface area contributed by atoms with Gasteiger partial charge < -0.3 is 34.6 Å². The minimum Gasteiger partial charge on any atom is -0.374 e. The third-order valence-corrected chi connectivity index (χ3v) is 8.86. The zero-order chi connectivity index (χ0) is 28.6. The van der Waals surface area contributed by atoms with Crippen LogP contribution < -0.4 is 10.6 Å². The molecule has 1 unspecified atom stereocenters. The van der Waals surface area contributed by atoms with Crippen molar-refractivity contribution in [3.63, 3.8) is 0 Å². The standard InChI is InChI=1S/C26H41N7O5S2/c1-3-33(4-2)26(36)21(14-20-15-28-18-30-20)31-25(35)7-13-38-23-17-40-39-16-22(23)37-12-6-24(34)29-8-5-10-32-11-9-27-19-32/h9,11,15,18-19,21-23H,3-8,10,12-14,16-17H2,1-2H3,(H,28,30)(H,29,34)(H,31,35)/t21?,22-,23-/m1/s1. The number of carbonyl (C=O) groups is 3. The first-order chi connectivity index (χ1) is 19.5. The molecule has 0 aliphatic carbocycles. The van der Waals surface area contributed by atoms with E-state index in [1.807, 2.05) is 24.6 Å². The van der Waals surface area contributed by atoms with E-state index in [1.165, 1.54) is 0 Å². The molecule has 0 spiro atoms. The number of aryl methyl sites for hydroxylation is 1. The van der Waals surface area contributed by atoms with Crippen molar-refractivity contribution in [3.05, 3.63) is 36.9 Å². The van der Waals surface area contributed by atoms with E-state index in [0.717, 1.165) is 30.2 Å². The van der Waals surface area contributed by atoms with Gasteiger partial charge >= 0.3 is 0 Å². The fourth-order valence-electron chi connectivity index (χ4n) is 4.20. The van der Waals surface area contributed by atoms with E-state index < -0.39 is 6.04 Å². The van der Waals surface area contributed by atoms with Gasteiger partial charge in [-0.2, -0.15) is 0 Å². The van der Waals surface area contributed by atoms with E-state index >= 15 is 0 Å². The number of aromatic nitrogens is 4. The number of rotatable bonds is 18. The Balaban J connectivity index is 1.36. The first-order valence-corrected chi connectivity index (χ1v) is 16.2. The fraction of sp³-hybridized carbons (Fsp3) is 0.654. The van der Waals surface area contributed by atoms with Crippen LogP contribution in [0.2, 0.25) is 0 Å². The molecule has 3 heterocycles. The van der Waals surface area contributed by atoms with Gasteiger partial charge in [0.2, 0.25) is 17.7 Å². The zero-order valence-electron chi connectivity index (χ0n) is 23.3. The summed E-state index contributed by atoms with van der Waals surface area (Å²) >= 11 is 0. The van der Waals surface area contributed by atoms with Gasteiger partial charge in [-0.15, -0.1) is 0 Å². The second-order valence-electron chi connectivity index (χ2n) is 9.30. The first-order valence-electron chi connectivity index (χ1n) is 13.8. The van der Waals surface area contributed by atoms with Crippen LogP contribution in [0.1, 0.15) is 38.8 Å². The highest BCUT2D eigenvalue weighted by Gasteiger charge is 2.29. The maximum absolute atomic E-state index is 13.0. The van der Waals surface area contributed by atoms with E-state index in [4.69, 9.17) is 9.47 Å². The molecule has 3 amide bonds. The van der Waals surface area contributed by atoms with Gasteiger partial charge in [0.05, 0.1) is 38.1 Å². The van der Waals surface area contributed by atoms with Gasteiger partial charge in [0.25, 0.3) is 0 Å². The van der Waals surface area contributed by atoms with Crippen LogP contribution in [-0.2, 0) is 36.8 Å². The molecule has 40 heavy (non-hydrogen) atoms. The van der Waals surface area contributed by atoms with Crippen LogP contribution in [0.3, 0.4) is 0 Å². The highest BCUT2D eigenvalue weighted by Crippen LogP contribution is 2.32. The predicted octanol–water partition coefficient (Wildman–Crippen LogP) is 1.65. The number of likely N-dealkylation sites (N-methyl/N-ethyl adjacent to an activating group) is 1. The van der Waals surface area contributed by atoms with E-state index in [9.17, 15) is 14.4 Å². The highest BCUT2D eigenvalue weighted by atomic mass is 33.1. The number of amides is 3. The maximum atomic E-state index is 13.0. The average Bonchev–Trinajstić information content (AvgIpc) is 3.67. The van der Waals surface area contributed by atoms with Gasteiger partial charge in [-0.05, 0) is 20.3 Å². The van der Waals surface area contributed by atoms with Crippen LogP contribution in [0.5, 0.6) is 0 Å². The highest BCUT2D eigenvalue weighted by molar-refractivity contribution is 8.76. The van der Waals surface area contributed by atoms with E-state index in [0.29, 0.717) is 32.7 Å². The largest absolute Gasteiger partial charge is 0.374 e. The van der Waals surface area contributed by atoms with Gasteiger partial charge in [0.1, 0.15) is 6.04 Å². The molecule has 0 aromatic carbocycles. The number of nitrogens with one attached hydrogen (secondary N) is 3. The lowest BCUT2D eigenvalue weighted by atomic mass is 10.1. The Morgan fingerprint density at radius 3 is 2.40 bits per heavy atom. The predicted molar refractivity (Wildman–Crippen MR) is 156 cm³/mol. The monoisotopic (exact) mass is 595 g/mol. The Kier molecular flexibility index (Phi) is 14.4. The van der Waals surface area contributed by atoms with Crippen molar-refractivity contribution in [3.8, 4) is 0 Å². The summed E-state index contributed by atoms with van der Waals surface area (Å²) in [7, 11) is 3.42. The summed E-state index contributed by atoms with van der Waals surface area (Å²) in [5, 5.41) is 5.80. The third kappa shape index (κ3) is 11.1. The molecule has 2 aromatic heterocycles. The van der Waals surface area contributed by atoms with Gasteiger partial charge in [0, 0.05) is 81.2 Å². The van der Waals surface area contributed by atoms with Crippen molar-refractivity contribution in [2.75, 3.05) is 44.4 Å². The molecule has 0 bridgehead atoms. The molecule has 3 N–H and O–H groups in total. The molecule has 1 fully saturated rings. The molecular formula is C26H41N7O5S2. The molecule has 1 saturated heterocycles. The number of ether oxygens (including phenoxy) is 2. The van der Waals surface area contributed by atoms with Crippen LogP contribution in [0.15, 0.2) is 31.2 Å². The van der Waals surface area contributed by atoms with E-state index in [-0.39, 0.29) is 49.4 Å². The third-order valence-electron chi connectivity index (χ3n) is 6.45. The van der Waals surface area contributed by atoms with E-state index in [2.05, 4.69) is 25.6 Å². The number of H-pyrrole nitrogens is 1. The quantitative estimate of drug-likeness (QED) is 0.173. The van der Waals surface area contributed by atoms with Crippen molar-refractivity contribution in [1.82, 2.24) is 35.1 Å². The summed E-state index contributed by atoms with van der Waals surface area (Å²) in [5.41, 5.74) is 0.780. The Bertz CT molecular complexity index is 1010. The topological polar surface area (TPSA) is 143 Å². The van der Waals surface area contributed by atoms with Gasteiger partial charge in [-0.1, -0.05) is 21.6 Å².